The first-order valence-electron chi connectivity index (χ1n) is 11.6. The van der Waals surface area contributed by atoms with Crippen molar-refractivity contribution in [3.05, 3.63) is 60.0 Å². The number of benzene rings is 1. The maximum atomic E-state index is 5.84. The van der Waals surface area contributed by atoms with Crippen molar-refractivity contribution in [3.8, 4) is 11.3 Å². The van der Waals surface area contributed by atoms with Gasteiger partial charge >= 0.3 is 0 Å². The molecule has 1 aromatic carbocycles. The summed E-state index contributed by atoms with van der Waals surface area (Å²) in [6, 6.07) is 12.7. The van der Waals surface area contributed by atoms with Gasteiger partial charge in [-0.3, -0.25) is 4.98 Å². The van der Waals surface area contributed by atoms with Crippen LogP contribution in [0.2, 0.25) is 0 Å². The molecule has 2 fully saturated rings. The highest BCUT2D eigenvalue weighted by molar-refractivity contribution is 5.67. The predicted molar refractivity (Wildman–Crippen MR) is 125 cm³/mol. The summed E-state index contributed by atoms with van der Waals surface area (Å²) in [4.78, 5) is 6.82. The molecule has 3 aromatic rings. The number of anilines is 1. The first kappa shape index (κ1) is 21.1. The van der Waals surface area contributed by atoms with Gasteiger partial charge in [-0.2, -0.15) is 0 Å². The zero-order chi connectivity index (χ0) is 22.0. The zero-order valence-electron chi connectivity index (χ0n) is 19.0. The van der Waals surface area contributed by atoms with Gasteiger partial charge in [0.25, 0.3) is 0 Å². The minimum atomic E-state index is 0.105. The molecule has 7 heteroatoms. The smallest absolute Gasteiger partial charge is 0.113 e. The van der Waals surface area contributed by atoms with Crippen LogP contribution in [0.15, 0.2) is 48.8 Å². The summed E-state index contributed by atoms with van der Waals surface area (Å²) in [5.74, 6) is 0. The maximum Gasteiger partial charge on any atom is 0.113 e. The predicted octanol–water partition coefficient (Wildman–Crippen LogP) is 3.59. The number of aryl methyl sites for hydroxylation is 1. The molecule has 0 saturated carbocycles. The Morgan fingerprint density at radius 1 is 1.19 bits per heavy atom. The molecular weight excluding hydrogens is 400 g/mol. The third-order valence-electron chi connectivity index (χ3n) is 6.56. The van der Waals surface area contributed by atoms with Crippen LogP contribution < -0.4 is 10.2 Å². The summed E-state index contributed by atoms with van der Waals surface area (Å²) >= 11 is 0. The molecule has 2 aliphatic heterocycles. The molecule has 7 nitrogen and oxygen atoms in total. The van der Waals surface area contributed by atoms with Crippen molar-refractivity contribution in [2.45, 2.75) is 57.8 Å². The molecule has 2 saturated heterocycles. The van der Waals surface area contributed by atoms with Crippen molar-refractivity contribution >= 4 is 5.69 Å². The minimum absolute atomic E-state index is 0.105. The lowest BCUT2D eigenvalue weighted by Gasteiger charge is -2.50. The fourth-order valence-electron chi connectivity index (χ4n) is 4.70. The summed E-state index contributed by atoms with van der Waals surface area (Å²) in [6.07, 6.45) is 7.66. The van der Waals surface area contributed by atoms with E-state index in [0.29, 0.717) is 0 Å². The minimum Gasteiger partial charge on any atom is -0.376 e. The monoisotopic (exact) mass is 432 g/mol. The standard InChI is InChI=1S/C25H32N6O/c1-19-13-21(30-17-25(2,18-30)27-14-20-7-3-5-11-26-20)9-10-23(19)24-16-31(29-28-24)15-22-8-4-6-12-32-22/h3,5,7,9-11,13,16,22,27H,4,6,8,12,14-15,17-18H2,1-2H3. The van der Waals surface area contributed by atoms with Crippen molar-refractivity contribution in [1.29, 1.82) is 0 Å². The lowest BCUT2D eigenvalue weighted by Crippen LogP contribution is -2.67. The maximum absolute atomic E-state index is 5.84. The number of aromatic nitrogens is 4. The second-order valence-electron chi connectivity index (χ2n) is 9.40. The Morgan fingerprint density at radius 3 is 2.84 bits per heavy atom. The SMILES string of the molecule is Cc1cc(N2CC(C)(NCc3ccccn3)C2)ccc1-c1cn(CC2CCCCO2)nn1. The molecule has 168 valence electrons. The first-order chi connectivity index (χ1) is 15.6. The Labute approximate surface area is 189 Å². The molecule has 32 heavy (non-hydrogen) atoms. The molecule has 2 aliphatic rings. The van der Waals surface area contributed by atoms with Gasteiger partial charge in [-0.1, -0.05) is 17.3 Å². The molecule has 0 amide bonds. The van der Waals surface area contributed by atoms with Gasteiger partial charge in [0.15, 0.2) is 0 Å². The van der Waals surface area contributed by atoms with E-state index in [1.54, 1.807) is 0 Å². The Bertz CT molecular complexity index is 1040. The molecule has 0 radical (unpaired) electrons. The summed E-state index contributed by atoms with van der Waals surface area (Å²) in [6.45, 7) is 8.84. The number of hydrogen-bond donors (Lipinski definition) is 1. The molecule has 1 unspecified atom stereocenters. The number of ether oxygens (including phenoxy) is 1. The van der Waals surface area contributed by atoms with Gasteiger partial charge in [-0.05, 0) is 62.9 Å². The third kappa shape index (κ3) is 4.69. The largest absolute Gasteiger partial charge is 0.376 e. The van der Waals surface area contributed by atoms with Crippen LogP contribution in [-0.2, 0) is 17.8 Å². The zero-order valence-corrected chi connectivity index (χ0v) is 19.0. The van der Waals surface area contributed by atoms with E-state index in [9.17, 15) is 0 Å². The topological polar surface area (TPSA) is 68.1 Å². The van der Waals surface area contributed by atoms with Crippen LogP contribution in [-0.4, -0.2) is 51.3 Å². The van der Waals surface area contributed by atoms with Gasteiger partial charge < -0.3 is 15.0 Å². The van der Waals surface area contributed by atoms with E-state index in [1.807, 2.05) is 29.2 Å². The Hall–Kier alpha value is -2.77. The van der Waals surface area contributed by atoms with Crippen LogP contribution in [0.1, 0.15) is 37.4 Å². The second-order valence-corrected chi connectivity index (χ2v) is 9.40. The third-order valence-corrected chi connectivity index (χ3v) is 6.56. The number of hydrogen-bond acceptors (Lipinski definition) is 6. The molecule has 1 N–H and O–H groups in total. The van der Waals surface area contributed by atoms with Crippen LogP contribution in [0.25, 0.3) is 11.3 Å². The number of nitrogens with one attached hydrogen (secondary N) is 1. The van der Waals surface area contributed by atoms with E-state index >= 15 is 0 Å². The fourth-order valence-corrected chi connectivity index (χ4v) is 4.70. The summed E-state index contributed by atoms with van der Waals surface area (Å²) in [5.41, 5.74) is 5.73. The van der Waals surface area contributed by atoms with Crippen LogP contribution in [0.3, 0.4) is 0 Å². The fraction of sp³-hybridized carbons (Fsp3) is 0.480. The normalized spacial score (nSPS) is 20.2. The van der Waals surface area contributed by atoms with Gasteiger partial charge in [0.1, 0.15) is 5.69 Å². The highest BCUT2D eigenvalue weighted by Gasteiger charge is 2.38. The summed E-state index contributed by atoms with van der Waals surface area (Å²) in [7, 11) is 0. The van der Waals surface area contributed by atoms with E-state index in [2.05, 4.69) is 63.6 Å². The Kier molecular flexibility index (Phi) is 5.93. The molecule has 5 rings (SSSR count). The molecule has 0 bridgehead atoms. The molecule has 2 aromatic heterocycles. The molecule has 1 atom stereocenters. The molecule has 0 spiro atoms. The first-order valence-corrected chi connectivity index (χ1v) is 11.6. The van der Waals surface area contributed by atoms with Gasteiger partial charge in [0.2, 0.25) is 0 Å². The van der Waals surface area contributed by atoms with E-state index in [-0.39, 0.29) is 11.6 Å². The van der Waals surface area contributed by atoms with Crippen molar-refractivity contribution in [2.24, 2.45) is 0 Å². The van der Waals surface area contributed by atoms with Gasteiger partial charge in [0, 0.05) is 43.7 Å². The molecule has 0 aliphatic carbocycles. The highest BCUT2D eigenvalue weighted by Crippen LogP contribution is 2.31. The van der Waals surface area contributed by atoms with Gasteiger partial charge in [-0.25, -0.2) is 4.68 Å². The van der Waals surface area contributed by atoms with Crippen molar-refractivity contribution in [3.63, 3.8) is 0 Å². The van der Waals surface area contributed by atoms with Crippen LogP contribution in [0, 0.1) is 6.92 Å². The Morgan fingerprint density at radius 2 is 2.09 bits per heavy atom. The highest BCUT2D eigenvalue weighted by atomic mass is 16.5. The number of rotatable bonds is 7. The quantitative estimate of drug-likeness (QED) is 0.615. The van der Waals surface area contributed by atoms with Crippen molar-refractivity contribution in [2.75, 3.05) is 24.6 Å². The van der Waals surface area contributed by atoms with E-state index in [4.69, 9.17) is 4.74 Å². The number of pyridine rings is 1. The van der Waals surface area contributed by atoms with Crippen molar-refractivity contribution < 1.29 is 4.74 Å². The molecular formula is C25H32N6O. The summed E-state index contributed by atoms with van der Waals surface area (Å²) < 4.78 is 7.76. The van der Waals surface area contributed by atoms with Crippen LogP contribution in [0.4, 0.5) is 5.69 Å². The van der Waals surface area contributed by atoms with Crippen LogP contribution in [0.5, 0.6) is 0 Å². The van der Waals surface area contributed by atoms with Gasteiger partial charge in [-0.15, -0.1) is 5.10 Å². The lowest BCUT2D eigenvalue weighted by atomic mass is 9.90. The molecule has 4 heterocycles. The second kappa shape index (κ2) is 9.00. The van der Waals surface area contributed by atoms with E-state index < -0.39 is 0 Å². The van der Waals surface area contributed by atoms with Gasteiger partial charge in [0.05, 0.1) is 30.1 Å². The lowest BCUT2D eigenvalue weighted by molar-refractivity contribution is 0.00370. The van der Waals surface area contributed by atoms with Crippen molar-refractivity contribution in [1.82, 2.24) is 25.3 Å². The average molecular weight is 433 g/mol. The van der Waals surface area contributed by atoms with E-state index in [0.717, 1.165) is 56.2 Å². The van der Waals surface area contributed by atoms with E-state index in [1.165, 1.54) is 24.1 Å². The summed E-state index contributed by atoms with van der Waals surface area (Å²) in [5, 5.41) is 12.4. The number of nitrogens with zero attached hydrogens (tertiary/aromatic N) is 5. The Balaban J connectivity index is 1.19. The average Bonchev–Trinajstić information content (AvgIpc) is 3.25. The van der Waals surface area contributed by atoms with Crippen LogP contribution >= 0.6 is 0 Å².